The van der Waals surface area contributed by atoms with Crippen LogP contribution in [0.1, 0.15) is 39.0 Å². The number of H-pyrrole nitrogens is 1. The zero-order chi connectivity index (χ0) is 38.5. The quantitative estimate of drug-likeness (QED) is 0.0870. The molecule has 0 radical (unpaired) electrons. The highest BCUT2D eigenvalue weighted by atomic mass is 16.7. The summed E-state index contributed by atoms with van der Waals surface area (Å²) in [5.41, 5.74) is 0.707. The first-order valence-electron chi connectivity index (χ1n) is 16.7. The molecule has 2 N–H and O–H groups in total. The second-order valence-electron chi connectivity index (χ2n) is 12.0. The van der Waals surface area contributed by atoms with Gasteiger partial charge in [0.05, 0.1) is 69.8 Å². The van der Waals surface area contributed by atoms with E-state index in [9.17, 15) is 28.8 Å². The summed E-state index contributed by atoms with van der Waals surface area (Å²) in [7, 11) is 1.49. The van der Waals surface area contributed by atoms with E-state index < -0.39 is 54.5 Å². The average Bonchev–Trinajstić information content (AvgIpc) is 3.55. The molecule has 4 rings (SSSR count). The Kier molecular flexibility index (Phi) is 15.2. The van der Waals surface area contributed by atoms with Crippen LogP contribution in [0.15, 0.2) is 34.0 Å². The molecular weight excluding hydrogens is 704 g/mol. The first kappa shape index (κ1) is 40.7. The van der Waals surface area contributed by atoms with E-state index >= 15 is 0 Å². The smallest absolute Gasteiger partial charge is 0.303 e. The van der Waals surface area contributed by atoms with Gasteiger partial charge in [0.2, 0.25) is 5.91 Å². The molecule has 0 spiro atoms. The van der Waals surface area contributed by atoms with Crippen LogP contribution in [0, 0.1) is 0 Å². The van der Waals surface area contributed by atoms with Crippen LogP contribution in [0.5, 0.6) is 0 Å². The minimum atomic E-state index is -1.22. The molecule has 1 aromatic carbocycles. The summed E-state index contributed by atoms with van der Waals surface area (Å²) < 4.78 is 47.4. The number of fused-ring (bicyclic) bond motifs is 1. The van der Waals surface area contributed by atoms with Crippen molar-refractivity contribution in [3.05, 3.63) is 56.4 Å². The molecule has 290 valence electrons. The standard InChI is InChI=1S/C33H44N6O14/c1-19(40)34-28-30(52-22(4)43)29(51-21(3)42)27(18-50-20(2)41)53-33(28)49-13-12-46-10-11-48-17-24-15-39(37-35-24)8-9-47-16-23-6-7-25-26(14-23)31(44)36-38(5)32(25)45/h6-7,14-15,27-30,33H,8-13,16-18H2,1-5H3,(H,34,40)(H,36,44)/t27?,28?,29-,30?,33+/m0/s1. The Labute approximate surface area is 302 Å². The second-order valence-corrected chi connectivity index (χ2v) is 12.0. The van der Waals surface area contributed by atoms with Crippen LogP contribution in [0.3, 0.4) is 0 Å². The van der Waals surface area contributed by atoms with Crippen LogP contribution in [0.2, 0.25) is 0 Å². The summed E-state index contributed by atoms with van der Waals surface area (Å²) in [6.07, 6.45) is -2.98. The largest absolute Gasteiger partial charge is 0.463 e. The predicted molar refractivity (Wildman–Crippen MR) is 180 cm³/mol. The number of amides is 1. The molecular formula is C33H44N6O14. The lowest BCUT2D eigenvalue weighted by Gasteiger charge is -2.44. The fourth-order valence-corrected chi connectivity index (χ4v) is 5.41. The van der Waals surface area contributed by atoms with Gasteiger partial charge in [-0.05, 0) is 17.7 Å². The zero-order valence-electron chi connectivity index (χ0n) is 30.1. The highest BCUT2D eigenvalue weighted by molar-refractivity contribution is 5.81. The molecule has 0 saturated carbocycles. The van der Waals surface area contributed by atoms with Gasteiger partial charge in [0.25, 0.3) is 11.1 Å². The Balaban J connectivity index is 1.17. The highest BCUT2D eigenvalue weighted by Gasteiger charge is 2.51. The molecule has 1 saturated heterocycles. The maximum atomic E-state index is 12.2. The molecule has 1 aliphatic heterocycles. The molecule has 0 aliphatic carbocycles. The van der Waals surface area contributed by atoms with Gasteiger partial charge in [-0.2, -0.15) is 0 Å². The van der Waals surface area contributed by atoms with Crippen molar-refractivity contribution in [2.75, 3.05) is 39.6 Å². The summed E-state index contributed by atoms with van der Waals surface area (Å²) >= 11 is 0. The fraction of sp³-hybridized carbons (Fsp3) is 0.576. The number of rotatable bonds is 19. The molecule has 1 fully saturated rings. The van der Waals surface area contributed by atoms with Crippen LogP contribution in [0.4, 0.5) is 0 Å². The van der Waals surface area contributed by atoms with Crippen LogP contribution >= 0.6 is 0 Å². The van der Waals surface area contributed by atoms with Gasteiger partial charge in [-0.3, -0.25) is 38.5 Å². The van der Waals surface area contributed by atoms with E-state index in [-0.39, 0.29) is 57.4 Å². The van der Waals surface area contributed by atoms with Crippen molar-refractivity contribution in [1.29, 1.82) is 0 Å². The van der Waals surface area contributed by atoms with E-state index in [1.807, 2.05) is 0 Å². The summed E-state index contributed by atoms with van der Waals surface area (Å²) in [5, 5.41) is 13.9. The van der Waals surface area contributed by atoms with Gasteiger partial charge in [-0.15, -0.1) is 5.10 Å². The Morgan fingerprint density at radius 1 is 0.868 bits per heavy atom. The summed E-state index contributed by atoms with van der Waals surface area (Å²) in [4.78, 5) is 71.8. The lowest BCUT2D eigenvalue weighted by molar-refractivity contribution is -0.279. The number of aromatic amines is 1. The number of benzene rings is 1. The summed E-state index contributed by atoms with van der Waals surface area (Å²) in [5.74, 6) is -2.52. The molecule has 3 unspecified atom stereocenters. The van der Waals surface area contributed by atoms with Crippen molar-refractivity contribution in [3.63, 3.8) is 0 Å². The number of nitrogens with one attached hydrogen (secondary N) is 2. The Bertz CT molecular complexity index is 1840. The van der Waals surface area contributed by atoms with E-state index in [1.54, 1.807) is 29.1 Å². The number of esters is 3. The van der Waals surface area contributed by atoms with Crippen molar-refractivity contribution >= 4 is 34.6 Å². The van der Waals surface area contributed by atoms with Crippen LogP contribution in [-0.2, 0) is 83.9 Å². The number of hydrogen-bond acceptors (Lipinski definition) is 16. The van der Waals surface area contributed by atoms with E-state index in [2.05, 4.69) is 20.7 Å². The van der Waals surface area contributed by atoms with Crippen LogP contribution < -0.4 is 16.4 Å². The lowest BCUT2D eigenvalue weighted by Crippen LogP contribution is -2.66. The monoisotopic (exact) mass is 748 g/mol. The van der Waals surface area contributed by atoms with E-state index in [0.29, 0.717) is 29.6 Å². The van der Waals surface area contributed by atoms with Gasteiger partial charge < -0.3 is 43.2 Å². The first-order valence-corrected chi connectivity index (χ1v) is 16.7. The Morgan fingerprint density at radius 3 is 2.28 bits per heavy atom. The number of carbonyl (C=O) groups is 4. The number of ether oxygens (including phenoxy) is 8. The van der Waals surface area contributed by atoms with Crippen molar-refractivity contribution in [2.24, 2.45) is 7.05 Å². The average molecular weight is 749 g/mol. The molecule has 1 amide bonds. The topological polar surface area (TPSA) is 240 Å². The summed E-state index contributed by atoms with van der Waals surface area (Å²) in [6, 6.07) is 3.92. The maximum absolute atomic E-state index is 12.2. The van der Waals surface area contributed by atoms with Gasteiger partial charge in [0.15, 0.2) is 18.5 Å². The van der Waals surface area contributed by atoms with Gasteiger partial charge in [-0.1, -0.05) is 11.3 Å². The van der Waals surface area contributed by atoms with Crippen molar-refractivity contribution < 1.29 is 57.1 Å². The number of carbonyl (C=O) groups excluding carboxylic acids is 4. The third-order valence-corrected chi connectivity index (χ3v) is 7.66. The molecule has 20 nitrogen and oxygen atoms in total. The number of aryl methyl sites for hydroxylation is 1. The van der Waals surface area contributed by atoms with Gasteiger partial charge in [0, 0.05) is 34.7 Å². The molecule has 53 heavy (non-hydrogen) atoms. The van der Waals surface area contributed by atoms with E-state index in [1.165, 1.54) is 20.9 Å². The molecule has 1 aliphatic rings. The molecule has 2 aromatic heterocycles. The van der Waals surface area contributed by atoms with Gasteiger partial charge in [-0.25, -0.2) is 4.68 Å². The molecule has 3 heterocycles. The molecule has 20 heteroatoms. The normalized spacial score (nSPS) is 19.8. The SMILES string of the molecule is CC(=O)NC1C(OC(C)=O)[C@@H](OC(C)=O)C(COC(C)=O)O[C@H]1OCCOCCOCc1cn(CCOCc2ccc3c(=O)n(C)[nH]c(=O)c3c2)nn1. The predicted octanol–water partition coefficient (Wildman–Crippen LogP) is -0.759. The minimum Gasteiger partial charge on any atom is -0.463 e. The third kappa shape index (κ3) is 12.3. The third-order valence-electron chi connectivity index (χ3n) is 7.66. The molecule has 3 aromatic rings. The second kappa shape index (κ2) is 19.7. The van der Waals surface area contributed by atoms with Gasteiger partial charge >= 0.3 is 17.9 Å². The van der Waals surface area contributed by atoms with Gasteiger partial charge in [0.1, 0.15) is 24.4 Å². The van der Waals surface area contributed by atoms with Crippen molar-refractivity contribution in [1.82, 2.24) is 30.1 Å². The van der Waals surface area contributed by atoms with E-state index in [4.69, 9.17) is 37.9 Å². The molecule has 0 bridgehead atoms. The first-order chi connectivity index (χ1) is 25.3. The number of aromatic nitrogens is 5. The number of nitrogens with zero attached hydrogens (tertiary/aromatic N) is 4. The zero-order valence-corrected chi connectivity index (χ0v) is 30.1. The van der Waals surface area contributed by atoms with Crippen molar-refractivity contribution in [2.45, 2.75) is 78.1 Å². The van der Waals surface area contributed by atoms with Crippen LogP contribution in [0.25, 0.3) is 10.8 Å². The van der Waals surface area contributed by atoms with Crippen molar-refractivity contribution in [3.8, 4) is 0 Å². The number of hydrogen-bond donors (Lipinski definition) is 2. The maximum Gasteiger partial charge on any atom is 0.303 e. The summed E-state index contributed by atoms with van der Waals surface area (Å²) in [6.45, 7) is 6.12. The van der Waals surface area contributed by atoms with E-state index in [0.717, 1.165) is 24.1 Å². The minimum absolute atomic E-state index is 0.0124. The Morgan fingerprint density at radius 2 is 1.57 bits per heavy atom. The highest BCUT2D eigenvalue weighted by Crippen LogP contribution is 2.28. The molecule has 5 atom stereocenters. The lowest BCUT2D eigenvalue weighted by atomic mass is 9.96. The Hall–Kier alpha value is -5.02. The van der Waals surface area contributed by atoms with Crippen LogP contribution in [-0.4, -0.2) is 119 Å². The fourth-order valence-electron chi connectivity index (χ4n) is 5.41.